The molecule has 0 aliphatic carbocycles. The lowest BCUT2D eigenvalue weighted by atomic mass is 10.1. The molecule has 0 fully saturated rings. The molecule has 0 amide bonds. The van der Waals surface area contributed by atoms with Crippen molar-refractivity contribution < 1.29 is 13.3 Å². The van der Waals surface area contributed by atoms with Gasteiger partial charge in [-0.2, -0.15) is 0 Å². The second kappa shape index (κ2) is 8.29. The lowest BCUT2D eigenvalue weighted by Gasteiger charge is -2.17. The van der Waals surface area contributed by atoms with Crippen molar-refractivity contribution in [3.8, 4) is 11.1 Å². The van der Waals surface area contributed by atoms with Crippen molar-refractivity contribution in [2.45, 2.75) is 32.1 Å². The molecule has 2 aromatic carbocycles. The summed E-state index contributed by atoms with van der Waals surface area (Å²) in [7, 11) is 0. The van der Waals surface area contributed by atoms with Crippen LogP contribution in [0.15, 0.2) is 65.2 Å². The van der Waals surface area contributed by atoms with Gasteiger partial charge in [0.25, 0.3) is 0 Å². The Labute approximate surface area is 167 Å². The summed E-state index contributed by atoms with van der Waals surface area (Å²) in [6.07, 6.45) is 3.29. The van der Waals surface area contributed by atoms with Crippen molar-refractivity contribution in [1.82, 2.24) is 4.57 Å². The fourth-order valence-electron chi connectivity index (χ4n) is 2.68. The highest BCUT2D eigenvalue weighted by molar-refractivity contribution is 7.91. The maximum atomic E-state index is 14.2. The van der Waals surface area contributed by atoms with Crippen LogP contribution in [0.25, 0.3) is 11.1 Å². The molecule has 3 aromatic rings. The van der Waals surface area contributed by atoms with Gasteiger partial charge in [-0.3, -0.25) is 0 Å². The van der Waals surface area contributed by atoms with Gasteiger partial charge in [0.05, 0.1) is 5.69 Å². The highest BCUT2D eigenvalue weighted by atomic mass is 32.2. The Balaban J connectivity index is 2.02. The second-order valence-corrected chi connectivity index (χ2v) is 9.42. The number of hydrogen-bond acceptors (Lipinski definition) is 2. The molecule has 0 saturated heterocycles. The van der Waals surface area contributed by atoms with E-state index in [2.05, 4.69) is 4.40 Å². The molecular formula is C22H22F2N2OS. The average molecular weight is 400 g/mol. The molecule has 3 rings (SSSR count). The van der Waals surface area contributed by atoms with Gasteiger partial charge in [-0.25, -0.2) is 8.78 Å². The van der Waals surface area contributed by atoms with Gasteiger partial charge in [0.15, 0.2) is 0 Å². The van der Waals surface area contributed by atoms with Crippen molar-refractivity contribution in [3.63, 3.8) is 0 Å². The summed E-state index contributed by atoms with van der Waals surface area (Å²) in [5.74, 6) is -1.00. The third-order valence-electron chi connectivity index (χ3n) is 4.17. The molecule has 0 aliphatic heterocycles. The summed E-state index contributed by atoms with van der Waals surface area (Å²) in [6.45, 7) is 6.06. The van der Waals surface area contributed by atoms with Crippen molar-refractivity contribution >= 4 is 17.6 Å². The van der Waals surface area contributed by atoms with Crippen molar-refractivity contribution in [1.29, 1.82) is 0 Å². The fraction of sp³-hybridized carbons (Fsp3) is 0.227. The van der Waals surface area contributed by atoms with Gasteiger partial charge in [0, 0.05) is 23.9 Å². The zero-order valence-corrected chi connectivity index (χ0v) is 16.8. The van der Waals surface area contributed by atoms with E-state index in [4.69, 9.17) is 0 Å². The number of nitrogens with zero attached hydrogens (tertiary/aromatic N) is 2. The zero-order valence-electron chi connectivity index (χ0n) is 16.0. The average Bonchev–Trinajstić information content (AvgIpc) is 3.04. The van der Waals surface area contributed by atoms with Gasteiger partial charge in [-0.1, -0.05) is 34.7 Å². The highest BCUT2D eigenvalue weighted by Crippen LogP contribution is 2.26. The molecule has 0 unspecified atom stereocenters. The van der Waals surface area contributed by atoms with Crippen LogP contribution in [0.5, 0.6) is 0 Å². The summed E-state index contributed by atoms with van der Waals surface area (Å²) in [5.41, 5.74) is 2.44. The lowest BCUT2D eigenvalue weighted by Crippen LogP contribution is -2.26. The van der Waals surface area contributed by atoms with Crippen LogP contribution in [0.2, 0.25) is 0 Å². The largest absolute Gasteiger partial charge is 0.591 e. The van der Waals surface area contributed by atoms with E-state index in [0.717, 1.165) is 17.7 Å². The highest BCUT2D eigenvalue weighted by Gasteiger charge is 2.26. The quantitative estimate of drug-likeness (QED) is 0.420. The molecular weight excluding hydrogens is 378 g/mol. The predicted octanol–water partition coefficient (Wildman–Crippen LogP) is 5.36. The minimum absolute atomic E-state index is 0.179. The van der Waals surface area contributed by atoms with Gasteiger partial charge < -0.3 is 9.12 Å². The fourth-order valence-corrected chi connectivity index (χ4v) is 3.20. The van der Waals surface area contributed by atoms with Crippen LogP contribution in [0.3, 0.4) is 0 Å². The summed E-state index contributed by atoms with van der Waals surface area (Å²) in [6, 6.07) is 14.9. The molecule has 1 heterocycles. The Hall–Kier alpha value is -2.44. The summed E-state index contributed by atoms with van der Waals surface area (Å²) in [5, 5.41) is 0. The number of hydrogen-bond donors (Lipinski definition) is 0. The zero-order chi connectivity index (χ0) is 20.3. The SMILES string of the molecule is CC(C)(C)[S@+]([O-])/N=C/c1cc(-c2cc(F)ccc2F)cn1Cc1ccccc1. The first-order valence-corrected chi connectivity index (χ1v) is 10.0. The Morgan fingerprint density at radius 3 is 2.46 bits per heavy atom. The molecule has 146 valence electrons. The smallest absolute Gasteiger partial charge is 0.144 e. The third kappa shape index (κ3) is 4.88. The molecule has 28 heavy (non-hydrogen) atoms. The molecule has 1 atom stereocenters. The van der Waals surface area contributed by atoms with Gasteiger partial charge in [0.2, 0.25) is 0 Å². The molecule has 6 heteroatoms. The van der Waals surface area contributed by atoms with Crippen molar-refractivity contribution in [2.24, 2.45) is 4.40 Å². The summed E-state index contributed by atoms with van der Waals surface area (Å²) >= 11 is -1.41. The minimum atomic E-state index is -1.41. The molecule has 0 saturated carbocycles. The van der Waals surface area contributed by atoms with Crippen molar-refractivity contribution in [2.75, 3.05) is 0 Å². The molecule has 0 N–H and O–H groups in total. The maximum absolute atomic E-state index is 14.2. The van der Waals surface area contributed by atoms with Crippen LogP contribution in [0.4, 0.5) is 8.78 Å². The van der Waals surface area contributed by atoms with E-state index in [1.54, 1.807) is 12.3 Å². The van der Waals surface area contributed by atoms with E-state index in [-0.39, 0.29) is 5.56 Å². The standard InChI is InChI=1S/C22H22F2N2OS/c1-22(2,3)28(27)25-13-19-11-17(20-12-18(23)9-10-21(20)24)15-26(19)14-16-7-5-4-6-8-16/h4-13,15H,14H2,1-3H3/b25-13+/t28-/m0/s1. The van der Waals surface area contributed by atoms with Crippen LogP contribution in [0.1, 0.15) is 32.0 Å². The Bertz CT molecular complexity index is 978. The van der Waals surface area contributed by atoms with Gasteiger partial charge in [-0.15, -0.1) is 0 Å². The number of benzene rings is 2. The number of halogens is 2. The van der Waals surface area contributed by atoms with Crippen molar-refractivity contribution in [3.05, 3.63) is 83.7 Å². The van der Waals surface area contributed by atoms with E-state index in [0.29, 0.717) is 17.8 Å². The van der Waals surface area contributed by atoms with E-state index < -0.39 is 27.7 Å². The van der Waals surface area contributed by atoms with Crippen LogP contribution in [-0.4, -0.2) is 20.1 Å². The van der Waals surface area contributed by atoms with E-state index >= 15 is 0 Å². The topological polar surface area (TPSA) is 40.4 Å². The first-order chi connectivity index (χ1) is 13.2. The van der Waals surface area contributed by atoms with Crippen LogP contribution >= 0.6 is 0 Å². The number of aromatic nitrogens is 1. The Morgan fingerprint density at radius 2 is 1.79 bits per heavy atom. The van der Waals surface area contributed by atoms with Crippen LogP contribution in [0, 0.1) is 11.6 Å². The number of rotatable bonds is 5. The Morgan fingerprint density at radius 1 is 1.07 bits per heavy atom. The van der Waals surface area contributed by atoms with Gasteiger partial charge in [-0.05, 0) is 50.6 Å². The minimum Gasteiger partial charge on any atom is -0.591 e. The Kier molecular flexibility index (Phi) is 6.01. The van der Waals surface area contributed by atoms with E-state index in [1.165, 1.54) is 12.3 Å². The third-order valence-corrected chi connectivity index (χ3v) is 5.51. The van der Waals surface area contributed by atoms with Gasteiger partial charge in [0.1, 0.15) is 34.0 Å². The summed E-state index contributed by atoms with van der Waals surface area (Å²) in [4.78, 5) is 0. The molecule has 1 aromatic heterocycles. The molecule has 3 nitrogen and oxygen atoms in total. The first kappa shape index (κ1) is 20.3. The molecule has 0 spiro atoms. The lowest BCUT2D eigenvalue weighted by molar-refractivity contribution is 0.561. The molecule has 0 aliphatic rings. The molecule has 0 bridgehead atoms. The predicted molar refractivity (Wildman–Crippen MR) is 111 cm³/mol. The van der Waals surface area contributed by atoms with E-state index in [9.17, 15) is 13.3 Å². The van der Waals surface area contributed by atoms with Gasteiger partial charge >= 0.3 is 0 Å². The summed E-state index contributed by atoms with van der Waals surface area (Å²) < 4.78 is 45.7. The second-order valence-electron chi connectivity index (χ2n) is 7.49. The first-order valence-electron chi connectivity index (χ1n) is 8.89. The molecule has 0 radical (unpaired) electrons. The van der Waals surface area contributed by atoms with Crippen LogP contribution < -0.4 is 0 Å². The monoisotopic (exact) mass is 400 g/mol. The normalized spacial score (nSPS) is 13.2. The van der Waals surface area contributed by atoms with Crippen LogP contribution in [-0.2, 0) is 17.9 Å². The van der Waals surface area contributed by atoms with E-state index in [1.807, 2.05) is 55.7 Å². The maximum Gasteiger partial charge on any atom is 0.144 e.